The van der Waals surface area contributed by atoms with Crippen molar-refractivity contribution in [2.45, 2.75) is 24.7 Å². The van der Waals surface area contributed by atoms with Gasteiger partial charge in [0.15, 0.2) is 0 Å². The van der Waals surface area contributed by atoms with E-state index in [0.717, 1.165) is 19.2 Å². The zero-order chi connectivity index (χ0) is 21.6. The van der Waals surface area contributed by atoms with E-state index >= 15 is 0 Å². The molecule has 0 unspecified atom stereocenters. The number of hydrogen-bond donors (Lipinski definition) is 1. The number of halogens is 1. The number of rotatable bonds is 8. The highest BCUT2D eigenvalue weighted by molar-refractivity contribution is 9.09. The molecule has 0 atom stereocenters. The Morgan fingerprint density at radius 2 is 1.83 bits per heavy atom. The van der Waals surface area contributed by atoms with Gasteiger partial charge in [-0.25, -0.2) is 8.42 Å². The fraction of sp³-hybridized carbons (Fsp3) is 0.667. The molecule has 0 aromatic heterocycles. The summed E-state index contributed by atoms with van der Waals surface area (Å²) < 4.78 is 28.6. The molecule has 1 fully saturated rings. The molecule has 164 valence electrons. The third-order valence-corrected chi connectivity index (χ3v) is 7.28. The van der Waals surface area contributed by atoms with Gasteiger partial charge in [0.05, 0.1) is 17.2 Å². The zero-order valence-electron chi connectivity index (χ0n) is 16.9. The van der Waals surface area contributed by atoms with Crippen molar-refractivity contribution in [3.8, 4) is 0 Å². The van der Waals surface area contributed by atoms with Crippen LogP contribution in [0.25, 0.3) is 0 Å². The van der Waals surface area contributed by atoms with Crippen LogP contribution in [0.3, 0.4) is 0 Å². The number of aliphatic hydroxyl groups is 1. The molecule has 0 amide bonds. The molecular formula is C18H29BrN4O5S. The second-order valence-corrected chi connectivity index (χ2v) is 9.88. The Hall–Kier alpha value is -1.27. The number of non-ortho nitro benzene ring substituents is 1. The van der Waals surface area contributed by atoms with Gasteiger partial charge in [-0.1, -0.05) is 15.9 Å². The first kappa shape index (κ1) is 24.0. The lowest BCUT2D eigenvalue weighted by Gasteiger charge is -2.31. The van der Waals surface area contributed by atoms with E-state index < -0.39 is 14.9 Å². The smallest absolute Gasteiger partial charge is 0.271 e. The number of aryl methyl sites for hydroxylation is 1. The molecule has 1 aromatic rings. The van der Waals surface area contributed by atoms with Crippen LogP contribution in [0.1, 0.15) is 18.4 Å². The average Bonchev–Trinajstić information content (AvgIpc) is 2.63. The molecule has 11 heteroatoms. The predicted molar refractivity (Wildman–Crippen MR) is 116 cm³/mol. The SMILES string of the molecule is Cc1cc([N+](=O)[O-])cc(S(=O)(=O)N2CCCN(C)CCC2)c1N(CCO)CCBr. The summed E-state index contributed by atoms with van der Waals surface area (Å²) in [6.07, 6.45) is 1.39. The van der Waals surface area contributed by atoms with Gasteiger partial charge in [-0.05, 0) is 45.5 Å². The van der Waals surface area contributed by atoms with Gasteiger partial charge in [-0.15, -0.1) is 0 Å². The van der Waals surface area contributed by atoms with Crippen molar-refractivity contribution < 1.29 is 18.4 Å². The highest BCUT2D eigenvalue weighted by Gasteiger charge is 2.32. The van der Waals surface area contributed by atoms with Gasteiger partial charge in [0.1, 0.15) is 4.90 Å². The normalized spacial score (nSPS) is 17.0. The van der Waals surface area contributed by atoms with Crippen molar-refractivity contribution >= 4 is 37.3 Å². The number of hydrogen-bond acceptors (Lipinski definition) is 7. The second-order valence-electron chi connectivity index (χ2n) is 7.18. The number of aliphatic hydroxyl groups excluding tert-OH is 1. The maximum atomic E-state index is 13.6. The van der Waals surface area contributed by atoms with E-state index in [1.165, 1.54) is 10.4 Å². The van der Waals surface area contributed by atoms with Crippen molar-refractivity contribution in [2.24, 2.45) is 0 Å². The molecule has 1 aliphatic rings. The zero-order valence-corrected chi connectivity index (χ0v) is 19.3. The topological polar surface area (TPSA) is 107 Å². The van der Waals surface area contributed by atoms with E-state index in [1.807, 2.05) is 7.05 Å². The summed E-state index contributed by atoms with van der Waals surface area (Å²) in [5, 5.41) is 21.4. The molecular weight excluding hydrogens is 464 g/mol. The van der Waals surface area contributed by atoms with Crippen molar-refractivity contribution in [1.82, 2.24) is 9.21 Å². The maximum Gasteiger partial charge on any atom is 0.271 e. The van der Waals surface area contributed by atoms with Crippen molar-refractivity contribution in [3.63, 3.8) is 0 Å². The van der Waals surface area contributed by atoms with Gasteiger partial charge in [0.25, 0.3) is 5.69 Å². The highest BCUT2D eigenvalue weighted by Crippen LogP contribution is 2.35. The van der Waals surface area contributed by atoms with Crippen LogP contribution in [-0.4, -0.2) is 85.9 Å². The fourth-order valence-electron chi connectivity index (χ4n) is 3.63. The number of sulfonamides is 1. The summed E-state index contributed by atoms with van der Waals surface area (Å²) in [5.74, 6) is 0. The molecule has 29 heavy (non-hydrogen) atoms. The monoisotopic (exact) mass is 492 g/mol. The first-order valence-electron chi connectivity index (χ1n) is 9.62. The van der Waals surface area contributed by atoms with Crippen LogP contribution in [0.5, 0.6) is 0 Å². The first-order valence-corrected chi connectivity index (χ1v) is 12.2. The Kier molecular flexibility index (Phi) is 8.83. The standard InChI is InChI=1S/C18H29BrN4O5S/c1-15-13-16(23(25)26)14-17(18(15)21(10-5-19)11-12-24)29(27,28)22-8-3-6-20(2)7-4-9-22/h13-14,24H,3-12H2,1-2H3. The molecule has 0 spiro atoms. The minimum absolute atomic E-state index is 0.0625. The summed E-state index contributed by atoms with van der Waals surface area (Å²) in [7, 11) is -1.92. The van der Waals surface area contributed by atoms with E-state index in [1.54, 1.807) is 11.8 Å². The number of nitrogens with zero attached hydrogens (tertiary/aromatic N) is 4. The quantitative estimate of drug-likeness (QED) is 0.334. The fourth-order valence-corrected chi connectivity index (χ4v) is 5.88. The second kappa shape index (κ2) is 10.7. The molecule has 1 N–H and O–H groups in total. The predicted octanol–water partition coefficient (Wildman–Crippen LogP) is 1.81. The molecule has 0 radical (unpaired) electrons. The number of alkyl halides is 1. The molecule has 1 saturated heterocycles. The lowest BCUT2D eigenvalue weighted by molar-refractivity contribution is -0.385. The summed E-state index contributed by atoms with van der Waals surface area (Å²) in [6, 6.07) is 2.54. The Balaban J connectivity index is 2.58. The van der Waals surface area contributed by atoms with Crippen LogP contribution in [0, 0.1) is 17.0 Å². The maximum absolute atomic E-state index is 13.6. The summed E-state index contributed by atoms with van der Waals surface area (Å²) in [5.41, 5.74) is 0.668. The average molecular weight is 493 g/mol. The van der Waals surface area contributed by atoms with Crippen molar-refractivity contribution in [2.75, 3.05) is 63.2 Å². The molecule has 2 rings (SSSR count). The van der Waals surface area contributed by atoms with Crippen LogP contribution >= 0.6 is 15.9 Å². The van der Waals surface area contributed by atoms with E-state index in [2.05, 4.69) is 20.8 Å². The number of nitro benzene ring substituents is 1. The Morgan fingerprint density at radius 3 is 2.34 bits per heavy atom. The Morgan fingerprint density at radius 1 is 1.21 bits per heavy atom. The third kappa shape index (κ3) is 5.88. The summed E-state index contributed by atoms with van der Waals surface area (Å²) in [4.78, 5) is 14.7. The largest absolute Gasteiger partial charge is 0.395 e. The first-order chi connectivity index (χ1) is 13.7. The number of anilines is 1. The van der Waals surface area contributed by atoms with Crippen molar-refractivity contribution in [1.29, 1.82) is 0 Å². The summed E-state index contributed by atoms with van der Waals surface area (Å²) >= 11 is 3.36. The van der Waals surface area contributed by atoms with Gasteiger partial charge < -0.3 is 14.9 Å². The van der Waals surface area contributed by atoms with E-state index in [0.29, 0.717) is 49.1 Å². The van der Waals surface area contributed by atoms with Crippen molar-refractivity contribution in [3.05, 3.63) is 27.8 Å². The molecule has 0 bridgehead atoms. The van der Waals surface area contributed by atoms with Gasteiger partial charge in [0.2, 0.25) is 10.0 Å². The lowest BCUT2D eigenvalue weighted by Crippen LogP contribution is -2.39. The Bertz CT molecular complexity index is 805. The van der Waals surface area contributed by atoms with Gasteiger partial charge in [-0.2, -0.15) is 4.31 Å². The summed E-state index contributed by atoms with van der Waals surface area (Å²) in [6.45, 7) is 4.55. The van der Waals surface area contributed by atoms with Gasteiger partial charge in [-0.3, -0.25) is 10.1 Å². The van der Waals surface area contributed by atoms with Gasteiger partial charge in [0, 0.05) is 43.6 Å². The third-order valence-electron chi connectivity index (χ3n) is 5.01. The van der Waals surface area contributed by atoms with Crippen LogP contribution < -0.4 is 4.90 Å². The molecule has 1 aliphatic heterocycles. The van der Waals surface area contributed by atoms with E-state index in [-0.39, 0.29) is 23.7 Å². The molecule has 9 nitrogen and oxygen atoms in total. The van der Waals surface area contributed by atoms with Crippen LogP contribution in [-0.2, 0) is 10.0 Å². The molecule has 1 aromatic carbocycles. The minimum atomic E-state index is -3.94. The van der Waals surface area contributed by atoms with Crippen LogP contribution in [0.15, 0.2) is 17.0 Å². The van der Waals surface area contributed by atoms with Crippen LogP contribution in [0.2, 0.25) is 0 Å². The van der Waals surface area contributed by atoms with E-state index in [9.17, 15) is 23.6 Å². The molecule has 0 saturated carbocycles. The lowest BCUT2D eigenvalue weighted by atomic mass is 10.1. The van der Waals surface area contributed by atoms with E-state index in [4.69, 9.17) is 0 Å². The number of benzene rings is 1. The highest BCUT2D eigenvalue weighted by atomic mass is 79.9. The minimum Gasteiger partial charge on any atom is -0.395 e. The Labute approximate surface area is 180 Å². The number of nitro groups is 1. The molecule has 1 heterocycles. The van der Waals surface area contributed by atoms with Crippen LogP contribution in [0.4, 0.5) is 11.4 Å². The van der Waals surface area contributed by atoms with Gasteiger partial charge >= 0.3 is 0 Å². The molecule has 0 aliphatic carbocycles.